The molecule has 0 saturated carbocycles. The van der Waals surface area contributed by atoms with Crippen LogP contribution in [-0.2, 0) is 0 Å². The molecule has 0 spiro atoms. The number of aryl methyl sites for hydroxylation is 2. The number of nitrogen functional groups attached to an aromatic ring is 1. The van der Waals surface area contributed by atoms with Crippen molar-refractivity contribution in [1.29, 1.82) is 0 Å². The number of nitrogens with one attached hydrogen (secondary N) is 1. The molecule has 0 bridgehead atoms. The third-order valence-corrected chi connectivity index (χ3v) is 3.10. The van der Waals surface area contributed by atoms with E-state index in [1.807, 2.05) is 38.1 Å². The largest absolute Gasteiger partial charge is 0.395 e. The standard InChI is InChI=1S/C14H18N4O/c1-4-18(11-7-5-9(2)6-8-11)14(19)13-12(15)10(3)16-17-13/h5-8H,4,15H2,1-3H3,(H,16,17). The molecule has 0 saturated heterocycles. The number of nitrogens with two attached hydrogens (primary N) is 1. The second-order valence-electron chi connectivity index (χ2n) is 4.50. The Hall–Kier alpha value is -2.30. The Bertz CT molecular complexity index is 586. The van der Waals surface area contributed by atoms with Gasteiger partial charge in [-0.25, -0.2) is 0 Å². The van der Waals surface area contributed by atoms with Crippen LogP contribution in [0, 0.1) is 13.8 Å². The summed E-state index contributed by atoms with van der Waals surface area (Å²) in [7, 11) is 0. The van der Waals surface area contributed by atoms with Crippen molar-refractivity contribution in [3.05, 3.63) is 41.2 Å². The zero-order valence-electron chi connectivity index (χ0n) is 11.4. The number of carbonyl (C=O) groups is 1. The Morgan fingerprint density at radius 1 is 1.32 bits per heavy atom. The number of hydrogen-bond acceptors (Lipinski definition) is 3. The van der Waals surface area contributed by atoms with Crippen LogP contribution in [0.4, 0.5) is 11.4 Å². The van der Waals surface area contributed by atoms with Crippen LogP contribution >= 0.6 is 0 Å². The Morgan fingerprint density at radius 3 is 2.42 bits per heavy atom. The molecule has 1 aromatic carbocycles. The lowest BCUT2D eigenvalue weighted by Crippen LogP contribution is -2.31. The number of carbonyl (C=O) groups excluding carboxylic acids is 1. The van der Waals surface area contributed by atoms with Gasteiger partial charge in [0.25, 0.3) is 5.91 Å². The minimum atomic E-state index is -0.187. The van der Waals surface area contributed by atoms with Crippen molar-refractivity contribution in [1.82, 2.24) is 10.2 Å². The SMILES string of the molecule is CCN(C(=O)c1n[nH]c(C)c1N)c1ccc(C)cc1. The second-order valence-corrected chi connectivity index (χ2v) is 4.50. The van der Waals surface area contributed by atoms with E-state index >= 15 is 0 Å². The second kappa shape index (κ2) is 5.14. The van der Waals surface area contributed by atoms with Gasteiger partial charge in [0.05, 0.1) is 11.4 Å². The molecule has 0 aliphatic rings. The molecule has 3 N–H and O–H groups in total. The van der Waals surface area contributed by atoms with E-state index in [4.69, 9.17) is 5.73 Å². The molecular weight excluding hydrogens is 240 g/mol. The molecule has 19 heavy (non-hydrogen) atoms. The lowest BCUT2D eigenvalue weighted by atomic mass is 10.2. The van der Waals surface area contributed by atoms with Crippen molar-refractivity contribution in [3.63, 3.8) is 0 Å². The minimum absolute atomic E-state index is 0.187. The molecule has 0 aliphatic carbocycles. The average molecular weight is 258 g/mol. The third-order valence-electron chi connectivity index (χ3n) is 3.10. The van der Waals surface area contributed by atoms with Gasteiger partial charge in [0.2, 0.25) is 0 Å². The molecule has 5 nitrogen and oxygen atoms in total. The van der Waals surface area contributed by atoms with Gasteiger partial charge in [-0.15, -0.1) is 0 Å². The first-order chi connectivity index (χ1) is 9.04. The van der Waals surface area contributed by atoms with E-state index in [-0.39, 0.29) is 11.6 Å². The van der Waals surface area contributed by atoms with Gasteiger partial charge < -0.3 is 10.6 Å². The molecule has 0 aliphatic heterocycles. The molecule has 2 aromatic rings. The highest BCUT2D eigenvalue weighted by molar-refractivity contribution is 6.08. The van der Waals surface area contributed by atoms with Crippen molar-refractivity contribution in [3.8, 4) is 0 Å². The highest BCUT2D eigenvalue weighted by Crippen LogP contribution is 2.20. The monoisotopic (exact) mass is 258 g/mol. The summed E-state index contributed by atoms with van der Waals surface area (Å²) in [5, 5.41) is 6.72. The normalized spacial score (nSPS) is 10.5. The van der Waals surface area contributed by atoms with Crippen LogP contribution in [0.2, 0.25) is 0 Å². The summed E-state index contributed by atoms with van der Waals surface area (Å²) in [4.78, 5) is 14.1. The number of anilines is 2. The first-order valence-corrected chi connectivity index (χ1v) is 6.23. The number of benzene rings is 1. The molecule has 1 heterocycles. The molecule has 0 fully saturated rings. The van der Waals surface area contributed by atoms with E-state index in [1.54, 1.807) is 11.8 Å². The van der Waals surface area contributed by atoms with Gasteiger partial charge in [-0.05, 0) is 32.9 Å². The Balaban J connectivity index is 2.34. The fourth-order valence-corrected chi connectivity index (χ4v) is 1.90. The molecular formula is C14H18N4O. The molecule has 0 atom stereocenters. The number of aromatic nitrogens is 2. The van der Waals surface area contributed by atoms with Crippen LogP contribution in [-0.4, -0.2) is 22.6 Å². The molecule has 1 aromatic heterocycles. The summed E-state index contributed by atoms with van der Waals surface area (Å²) in [6, 6.07) is 7.80. The molecule has 0 radical (unpaired) electrons. The topological polar surface area (TPSA) is 75.0 Å². The van der Waals surface area contributed by atoms with E-state index in [1.165, 1.54) is 0 Å². The average Bonchev–Trinajstić information content (AvgIpc) is 2.73. The van der Waals surface area contributed by atoms with Crippen LogP contribution in [0.15, 0.2) is 24.3 Å². The Labute approximate surface area is 112 Å². The Morgan fingerprint density at radius 2 is 1.95 bits per heavy atom. The van der Waals surface area contributed by atoms with Crippen LogP contribution < -0.4 is 10.6 Å². The zero-order chi connectivity index (χ0) is 14.0. The van der Waals surface area contributed by atoms with E-state index in [0.717, 1.165) is 11.3 Å². The van der Waals surface area contributed by atoms with Gasteiger partial charge in [-0.1, -0.05) is 17.7 Å². The molecule has 1 amide bonds. The van der Waals surface area contributed by atoms with Gasteiger partial charge in [-0.2, -0.15) is 5.10 Å². The lowest BCUT2D eigenvalue weighted by Gasteiger charge is -2.20. The zero-order valence-corrected chi connectivity index (χ0v) is 11.4. The third kappa shape index (κ3) is 2.45. The van der Waals surface area contributed by atoms with E-state index in [2.05, 4.69) is 10.2 Å². The highest BCUT2D eigenvalue weighted by atomic mass is 16.2. The maximum absolute atomic E-state index is 12.5. The van der Waals surface area contributed by atoms with Crippen molar-refractivity contribution in [2.45, 2.75) is 20.8 Å². The van der Waals surface area contributed by atoms with Gasteiger partial charge >= 0.3 is 0 Å². The van der Waals surface area contributed by atoms with Crippen molar-refractivity contribution < 1.29 is 4.79 Å². The van der Waals surface area contributed by atoms with Crippen LogP contribution in [0.5, 0.6) is 0 Å². The predicted molar refractivity (Wildman–Crippen MR) is 76.3 cm³/mol. The molecule has 0 unspecified atom stereocenters. The minimum Gasteiger partial charge on any atom is -0.395 e. The summed E-state index contributed by atoms with van der Waals surface area (Å²) >= 11 is 0. The smallest absolute Gasteiger partial charge is 0.280 e. The van der Waals surface area contributed by atoms with Crippen molar-refractivity contribution in [2.75, 3.05) is 17.2 Å². The van der Waals surface area contributed by atoms with Gasteiger partial charge in [0.15, 0.2) is 5.69 Å². The summed E-state index contributed by atoms with van der Waals surface area (Å²) in [5.41, 5.74) is 9.26. The van der Waals surface area contributed by atoms with Gasteiger partial charge in [0.1, 0.15) is 0 Å². The summed E-state index contributed by atoms with van der Waals surface area (Å²) in [6.07, 6.45) is 0. The first kappa shape index (κ1) is 13.1. The Kier molecular flexibility index (Phi) is 3.55. The van der Waals surface area contributed by atoms with Crippen LogP contribution in [0.1, 0.15) is 28.7 Å². The summed E-state index contributed by atoms with van der Waals surface area (Å²) in [5.74, 6) is -0.187. The maximum Gasteiger partial charge on any atom is 0.280 e. The quantitative estimate of drug-likeness (QED) is 0.886. The number of hydrogen-bond donors (Lipinski definition) is 2. The number of H-pyrrole nitrogens is 1. The fraction of sp³-hybridized carbons (Fsp3) is 0.286. The predicted octanol–water partition coefficient (Wildman–Crippen LogP) is 2.28. The van der Waals surface area contributed by atoms with E-state index in [0.29, 0.717) is 17.9 Å². The van der Waals surface area contributed by atoms with Gasteiger partial charge in [0, 0.05) is 12.2 Å². The van der Waals surface area contributed by atoms with E-state index < -0.39 is 0 Å². The molecule has 100 valence electrons. The van der Waals surface area contributed by atoms with E-state index in [9.17, 15) is 4.79 Å². The van der Waals surface area contributed by atoms with Crippen molar-refractivity contribution >= 4 is 17.3 Å². The summed E-state index contributed by atoms with van der Waals surface area (Å²) in [6.45, 7) is 6.29. The number of rotatable bonds is 3. The number of nitrogens with zero attached hydrogens (tertiary/aromatic N) is 2. The number of aromatic amines is 1. The molecule has 5 heteroatoms. The van der Waals surface area contributed by atoms with Crippen LogP contribution in [0.3, 0.4) is 0 Å². The maximum atomic E-state index is 12.5. The van der Waals surface area contributed by atoms with Gasteiger partial charge in [-0.3, -0.25) is 9.89 Å². The summed E-state index contributed by atoms with van der Waals surface area (Å²) < 4.78 is 0. The highest BCUT2D eigenvalue weighted by Gasteiger charge is 2.21. The first-order valence-electron chi connectivity index (χ1n) is 6.23. The van der Waals surface area contributed by atoms with Crippen molar-refractivity contribution in [2.24, 2.45) is 0 Å². The lowest BCUT2D eigenvalue weighted by molar-refractivity contribution is 0.0984. The molecule has 2 rings (SSSR count). The fourth-order valence-electron chi connectivity index (χ4n) is 1.90. The number of amides is 1. The van der Waals surface area contributed by atoms with Crippen LogP contribution in [0.25, 0.3) is 0 Å².